The molecule has 3 nitrogen and oxygen atoms in total. The van der Waals surface area contributed by atoms with Gasteiger partial charge in [0.15, 0.2) is 0 Å². The van der Waals surface area contributed by atoms with Crippen LogP contribution in [0.3, 0.4) is 0 Å². The standard InChI is InChI=1S/C16H25ClN2O/c1-4-18-16-8-7-14(17)15(19-16)10-20-13-6-5-11(2)12(3)9-13/h7-8,11-13H,4-6,9-10H2,1-3H3,(H,18,19). The minimum Gasteiger partial charge on any atom is -0.372 e. The van der Waals surface area contributed by atoms with Crippen LogP contribution in [0, 0.1) is 11.8 Å². The fourth-order valence-electron chi connectivity index (χ4n) is 2.71. The van der Waals surface area contributed by atoms with Crippen LogP contribution < -0.4 is 5.32 Å². The zero-order valence-corrected chi connectivity index (χ0v) is 13.4. The summed E-state index contributed by atoms with van der Waals surface area (Å²) >= 11 is 6.20. The van der Waals surface area contributed by atoms with Crippen LogP contribution >= 0.6 is 11.6 Å². The van der Waals surface area contributed by atoms with Crippen molar-refractivity contribution in [2.75, 3.05) is 11.9 Å². The molecule has 20 heavy (non-hydrogen) atoms. The molecular weight excluding hydrogens is 272 g/mol. The fraction of sp³-hybridized carbons (Fsp3) is 0.688. The molecule has 0 radical (unpaired) electrons. The molecule has 112 valence electrons. The first-order valence-electron chi connectivity index (χ1n) is 7.61. The normalized spacial score (nSPS) is 26.5. The number of ether oxygens (including phenoxy) is 1. The number of halogens is 1. The van der Waals surface area contributed by atoms with Crippen molar-refractivity contribution in [3.8, 4) is 0 Å². The summed E-state index contributed by atoms with van der Waals surface area (Å²) in [4.78, 5) is 4.51. The number of rotatable bonds is 5. The number of hydrogen-bond donors (Lipinski definition) is 1. The summed E-state index contributed by atoms with van der Waals surface area (Å²) in [6, 6.07) is 3.79. The highest BCUT2D eigenvalue weighted by Gasteiger charge is 2.25. The Balaban J connectivity index is 1.91. The predicted octanol–water partition coefficient (Wildman–Crippen LogP) is 4.51. The van der Waals surface area contributed by atoms with E-state index in [2.05, 4.69) is 31.1 Å². The van der Waals surface area contributed by atoms with Crippen LogP contribution in [0.15, 0.2) is 12.1 Å². The van der Waals surface area contributed by atoms with Crippen LogP contribution in [-0.2, 0) is 11.3 Å². The molecule has 1 heterocycles. The van der Waals surface area contributed by atoms with Crippen LogP contribution in [0.2, 0.25) is 5.02 Å². The SMILES string of the molecule is CCNc1ccc(Cl)c(COC2CCC(C)C(C)C2)n1. The predicted molar refractivity (Wildman–Crippen MR) is 84.2 cm³/mol. The second-order valence-electron chi connectivity index (χ2n) is 5.86. The summed E-state index contributed by atoms with van der Waals surface area (Å²) in [5, 5.41) is 3.88. The number of anilines is 1. The molecule has 0 aromatic carbocycles. The van der Waals surface area contributed by atoms with Crippen molar-refractivity contribution in [3.05, 3.63) is 22.8 Å². The van der Waals surface area contributed by atoms with Gasteiger partial charge in [0, 0.05) is 6.54 Å². The van der Waals surface area contributed by atoms with Gasteiger partial charge in [-0.25, -0.2) is 4.98 Å². The van der Waals surface area contributed by atoms with Crippen molar-refractivity contribution < 1.29 is 4.74 Å². The average Bonchev–Trinajstić information content (AvgIpc) is 2.43. The van der Waals surface area contributed by atoms with Gasteiger partial charge >= 0.3 is 0 Å². The molecule has 1 fully saturated rings. The Bertz CT molecular complexity index is 438. The van der Waals surface area contributed by atoms with E-state index >= 15 is 0 Å². The van der Waals surface area contributed by atoms with Crippen molar-refractivity contribution in [2.24, 2.45) is 11.8 Å². The first kappa shape index (κ1) is 15.6. The molecule has 3 atom stereocenters. The van der Waals surface area contributed by atoms with E-state index in [1.54, 1.807) is 0 Å². The molecule has 3 unspecified atom stereocenters. The number of hydrogen-bond acceptors (Lipinski definition) is 3. The monoisotopic (exact) mass is 296 g/mol. The first-order chi connectivity index (χ1) is 9.60. The highest BCUT2D eigenvalue weighted by molar-refractivity contribution is 6.31. The van der Waals surface area contributed by atoms with Crippen molar-refractivity contribution >= 4 is 17.4 Å². The van der Waals surface area contributed by atoms with Gasteiger partial charge in [-0.05, 0) is 50.2 Å². The number of nitrogens with one attached hydrogen (secondary N) is 1. The minimum absolute atomic E-state index is 0.349. The molecular formula is C16H25ClN2O. The Morgan fingerprint density at radius 1 is 1.30 bits per heavy atom. The lowest BCUT2D eigenvalue weighted by molar-refractivity contribution is -0.00868. The Kier molecular flexibility index (Phi) is 5.67. The fourth-order valence-corrected chi connectivity index (χ4v) is 2.87. The third-order valence-corrected chi connectivity index (χ3v) is 4.63. The molecule has 1 aliphatic carbocycles. The van der Waals surface area contributed by atoms with Gasteiger partial charge in [-0.15, -0.1) is 0 Å². The lowest BCUT2D eigenvalue weighted by atomic mass is 9.80. The van der Waals surface area contributed by atoms with Crippen LogP contribution in [0.1, 0.15) is 45.7 Å². The lowest BCUT2D eigenvalue weighted by Gasteiger charge is -2.31. The molecule has 1 aromatic heterocycles. The average molecular weight is 297 g/mol. The zero-order valence-electron chi connectivity index (χ0n) is 12.7. The first-order valence-corrected chi connectivity index (χ1v) is 7.98. The van der Waals surface area contributed by atoms with Gasteiger partial charge in [-0.1, -0.05) is 25.4 Å². The molecule has 0 bridgehead atoms. The Labute approximate surface area is 127 Å². The summed E-state index contributed by atoms with van der Waals surface area (Å²) < 4.78 is 6.03. The summed E-state index contributed by atoms with van der Waals surface area (Å²) in [5.41, 5.74) is 0.830. The van der Waals surface area contributed by atoms with E-state index in [0.717, 1.165) is 42.7 Å². The quantitative estimate of drug-likeness (QED) is 0.868. The molecule has 0 saturated heterocycles. The third kappa shape index (κ3) is 4.10. The van der Waals surface area contributed by atoms with E-state index in [-0.39, 0.29) is 0 Å². The second kappa shape index (κ2) is 7.28. The van der Waals surface area contributed by atoms with Crippen LogP contribution in [0.5, 0.6) is 0 Å². The molecule has 1 N–H and O–H groups in total. The maximum absolute atomic E-state index is 6.20. The zero-order chi connectivity index (χ0) is 14.5. The van der Waals surface area contributed by atoms with E-state index < -0.39 is 0 Å². The third-order valence-electron chi connectivity index (χ3n) is 4.28. The van der Waals surface area contributed by atoms with E-state index in [9.17, 15) is 0 Å². The van der Waals surface area contributed by atoms with E-state index in [1.165, 1.54) is 6.42 Å². The number of aromatic nitrogens is 1. The topological polar surface area (TPSA) is 34.1 Å². The lowest BCUT2D eigenvalue weighted by Crippen LogP contribution is -2.26. The molecule has 2 rings (SSSR count). The second-order valence-corrected chi connectivity index (χ2v) is 6.26. The highest BCUT2D eigenvalue weighted by atomic mass is 35.5. The molecule has 1 saturated carbocycles. The molecule has 1 aliphatic rings. The van der Waals surface area contributed by atoms with Gasteiger partial charge < -0.3 is 10.1 Å². The maximum atomic E-state index is 6.20. The van der Waals surface area contributed by atoms with Gasteiger partial charge in [0.2, 0.25) is 0 Å². The van der Waals surface area contributed by atoms with Crippen molar-refractivity contribution in [3.63, 3.8) is 0 Å². The molecule has 4 heteroatoms. The van der Waals surface area contributed by atoms with Gasteiger partial charge in [-0.2, -0.15) is 0 Å². The van der Waals surface area contributed by atoms with Crippen LogP contribution in [0.25, 0.3) is 0 Å². The van der Waals surface area contributed by atoms with Gasteiger partial charge in [-0.3, -0.25) is 0 Å². The molecule has 0 amide bonds. The van der Waals surface area contributed by atoms with Crippen molar-refractivity contribution in [1.29, 1.82) is 0 Å². The van der Waals surface area contributed by atoms with Crippen molar-refractivity contribution in [2.45, 2.75) is 52.7 Å². The Hall–Kier alpha value is -0.800. The van der Waals surface area contributed by atoms with Crippen molar-refractivity contribution in [1.82, 2.24) is 4.98 Å². The summed E-state index contributed by atoms with van der Waals surface area (Å²) in [6.07, 6.45) is 3.90. The molecule has 0 spiro atoms. The summed E-state index contributed by atoms with van der Waals surface area (Å²) in [7, 11) is 0. The Morgan fingerprint density at radius 2 is 2.10 bits per heavy atom. The van der Waals surface area contributed by atoms with E-state index in [4.69, 9.17) is 16.3 Å². The van der Waals surface area contributed by atoms with Gasteiger partial charge in [0.1, 0.15) is 5.82 Å². The summed E-state index contributed by atoms with van der Waals surface area (Å²) in [5.74, 6) is 2.42. The smallest absolute Gasteiger partial charge is 0.126 e. The van der Waals surface area contributed by atoms with Crippen LogP contribution in [0.4, 0.5) is 5.82 Å². The molecule has 1 aromatic rings. The van der Waals surface area contributed by atoms with Gasteiger partial charge in [0.25, 0.3) is 0 Å². The number of pyridine rings is 1. The van der Waals surface area contributed by atoms with Crippen LogP contribution in [-0.4, -0.2) is 17.6 Å². The summed E-state index contributed by atoms with van der Waals surface area (Å²) in [6.45, 7) is 8.06. The highest BCUT2D eigenvalue weighted by Crippen LogP contribution is 2.31. The maximum Gasteiger partial charge on any atom is 0.126 e. The number of nitrogens with zero attached hydrogens (tertiary/aromatic N) is 1. The van der Waals surface area contributed by atoms with E-state index in [1.807, 2.05) is 12.1 Å². The minimum atomic E-state index is 0.349. The Morgan fingerprint density at radius 3 is 2.80 bits per heavy atom. The molecule has 0 aliphatic heterocycles. The van der Waals surface area contributed by atoms with E-state index in [0.29, 0.717) is 17.7 Å². The van der Waals surface area contributed by atoms with Gasteiger partial charge in [0.05, 0.1) is 23.4 Å². The largest absolute Gasteiger partial charge is 0.372 e.